The Bertz CT molecular complexity index is 2630. The molecule has 32 heteroatoms. The van der Waals surface area contributed by atoms with Gasteiger partial charge in [-0.1, -0.05) is 67.8 Å². The largest absolute Gasteiger partial charge is 0.490 e. The monoisotopic (exact) mass is 1170 g/mol. The number of piperazine rings is 1. The molecule has 22 nitrogen and oxygen atoms in total. The minimum absolute atomic E-state index is 0.0388. The van der Waals surface area contributed by atoms with E-state index in [2.05, 4.69) is 40.5 Å². The highest BCUT2D eigenvalue weighted by Gasteiger charge is 2.40. The van der Waals surface area contributed by atoms with Crippen molar-refractivity contribution in [3.8, 4) is 0 Å². The summed E-state index contributed by atoms with van der Waals surface area (Å²) in [5.74, 6) is -9.81. The maximum absolute atomic E-state index is 14.2. The van der Waals surface area contributed by atoms with E-state index in [0.717, 1.165) is 51.0 Å². The number of carbonyl (C=O) groups excluding carboxylic acids is 4. The number of amidine groups is 1. The first kappa shape index (κ1) is 66.9. The number of alkyl halides is 9. The highest BCUT2D eigenvalue weighted by atomic mass is 32.2. The van der Waals surface area contributed by atoms with Gasteiger partial charge in [-0.2, -0.15) is 57.4 Å². The quantitative estimate of drug-likeness (QED) is 0.0867. The molecular weight excluding hydrogens is 1110 g/mol. The second kappa shape index (κ2) is 30.8. The molecule has 6 aliphatic rings. The van der Waals surface area contributed by atoms with Crippen molar-refractivity contribution >= 4 is 69.0 Å². The van der Waals surface area contributed by atoms with Crippen LogP contribution in [0.3, 0.4) is 0 Å². The number of fused-ring (bicyclic) bond motifs is 3. The van der Waals surface area contributed by atoms with Gasteiger partial charge in [-0.3, -0.25) is 24.6 Å². The van der Waals surface area contributed by atoms with Crippen LogP contribution in [0.25, 0.3) is 0 Å². The number of carbonyl (C=O) groups is 7. The van der Waals surface area contributed by atoms with Gasteiger partial charge in [0.2, 0.25) is 23.6 Å². The van der Waals surface area contributed by atoms with Gasteiger partial charge in [-0.15, -0.1) is 0 Å². The van der Waals surface area contributed by atoms with Crippen molar-refractivity contribution < 1.29 is 96.8 Å². The molecule has 0 unspecified atom stereocenters. The van der Waals surface area contributed by atoms with Crippen molar-refractivity contribution in [2.24, 2.45) is 5.73 Å². The van der Waals surface area contributed by atoms with Crippen LogP contribution in [-0.4, -0.2) is 157 Å². The average molecular weight is 1170 g/mol. The molecule has 442 valence electrons. The van der Waals surface area contributed by atoms with Crippen LogP contribution in [0.5, 0.6) is 0 Å². The van der Waals surface area contributed by atoms with Crippen molar-refractivity contribution in [1.29, 1.82) is 5.41 Å². The van der Waals surface area contributed by atoms with E-state index in [0.29, 0.717) is 66.8 Å². The van der Waals surface area contributed by atoms with Crippen LogP contribution >= 0.6 is 0 Å². The third-order valence-corrected chi connectivity index (χ3v) is 13.0. The van der Waals surface area contributed by atoms with Crippen LogP contribution in [0, 0.1) is 5.41 Å². The number of rotatable bonds is 8. The van der Waals surface area contributed by atoms with Crippen molar-refractivity contribution in [3.05, 3.63) is 95.1 Å². The Balaban J connectivity index is 0.000000675. The summed E-state index contributed by atoms with van der Waals surface area (Å²) >= 11 is 0. The van der Waals surface area contributed by atoms with Gasteiger partial charge in [0.05, 0.1) is 0 Å². The molecule has 3 aromatic carbocycles. The molecule has 0 radical (unpaired) electrons. The number of carboxylic acids is 3. The SMILES string of the molecule is N=C(N)c1ccc(CNC(=O)[C@@H]2Cc3ccc(cc3)NC(=O)CCN3CCN(CCC(=O)Nc4ccc(cc4)C[C@@H](NS(=O)(=O)NC4CCCCC4)C(=O)N2)CC3)cc1.O=C(O)C(F)(F)F.O=C(O)C(F)(F)F.O=C(O)C(F)(F)F. The number of nitrogens with zero attached hydrogens (tertiary/aromatic N) is 2. The van der Waals surface area contributed by atoms with E-state index in [-0.39, 0.29) is 43.1 Å². The molecule has 12 N–H and O–H groups in total. The third kappa shape index (κ3) is 25.6. The molecule has 5 aliphatic heterocycles. The fraction of sp³-hybridized carbons (Fsp3) is 0.458. The lowest BCUT2D eigenvalue weighted by Crippen LogP contribution is -2.57. The van der Waals surface area contributed by atoms with Crippen LogP contribution in [0.4, 0.5) is 50.9 Å². The number of aliphatic carboxylic acids is 3. The predicted octanol–water partition coefficient (Wildman–Crippen LogP) is 3.87. The van der Waals surface area contributed by atoms with Crippen molar-refractivity contribution in [1.82, 2.24) is 29.9 Å². The van der Waals surface area contributed by atoms with Crippen LogP contribution in [0.15, 0.2) is 72.8 Å². The number of amides is 4. The number of nitrogens with two attached hydrogens (primary N) is 1. The molecule has 0 aromatic heterocycles. The second-order valence-electron chi connectivity index (χ2n) is 18.0. The zero-order chi connectivity index (χ0) is 60.0. The summed E-state index contributed by atoms with van der Waals surface area (Å²) in [6, 6.07) is 18.1. The van der Waals surface area contributed by atoms with Gasteiger partial charge >= 0.3 is 36.4 Å². The Morgan fingerprint density at radius 1 is 0.613 bits per heavy atom. The summed E-state index contributed by atoms with van der Waals surface area (Å²) in [6.45, 7) is 4.54. The molecule has 1 saturated carbocycles. The molecule has 6 bridgehead atoms. The molecule has 0 spiro atoms. The molecule has 1 saturated heterocycles. The van der Waals surface area contributed by atoms with Gasteiger partial charge < -0.3 is 52.1 Å². The minimum atomic E-state index is -5.08. The number of anilines is 2. The van der Waals surface area contributed by atoms with E-state index >= 15 is 0 Å². The second-order valence-corrected chi connectivity index (χ2v) is 19.5. The van der Waals surface area contributed by atoms with E-state index in [1.807, 2.05) is 0 Å². The number of nitrogens with one attached hydrogen (secondary N) is 7. The van der Waals surface area contributed by atoms with Crippen molar-refractivity contribution in [2.45, 2.75) is 101 Å². The van der Waals surface area contributed by atoms with E-state index in [9.17, 15) is 67.1 Å². The van der Waals surface area contributed by atoms with Crippen molar-refractivity contribution in [2.75, 3.05) is 49.9 Å². The van der Waals surface area contributed by atoms with Gasteiger partial charge in [-0.05, 0) is 60.2 Å². The first-order valence-corrected chi connectivity index (χ1v) is 25.6. The van der Waals surface area contributed by atoms with E-state index in [1.54, 1.807) is 72.8 Å². The molecule has 4 amide bonds. The van der Waals surface area contributed by atoms with Crippen LogP contribution in [-0.2, 0) is 63.2 Å². The van der Waals surface area contributed by atoms with Gasteiger partial charge in [0, 0.05) is 88.1 Å². The molecule has 3 aromatic rings. The van der Waals surface area contributed by atoms with E-state index in [1.165, 1.54) is 0 Å². The van der Waals surface area contributed by atoms with Gasteiger partial charge in [0.15, 0.2) is 0 Å². The van der Waals surface area contributed by atoms with Gasteiger partial charge in [0.1, 0.15) is 17.9 Å². The van der Waals surface area contributed by atoms with Crippen LogP contribution < -0.4 is 36.4 Å². The van der Waals surface area contributed by atoms with Crippen molar-refractivity contribution in [3.63, 3.8) is 0 Å². The highest BCUT2D eigenvalue weighted by Crippen LogP contribution is 2.20. The number of halogens is 9. The Morgan fingerprint density at radius 2 is 1.01 bits per heavy atom. The summed E-state index contributed by atoms with van der Waals surface area (Å²) in [5.41, 5.74) is 9.37. The van der Waals surface area contributed by atoms with Gasteiger partial charge in [-0.25, -0.2) is 14.4 Å². The Labute approximate surface area is 451 Å². The number of benzene rings is 3. The Kier molecular flexibility index (Phi) is 25.7. The van der Waals surface area contributed by atoms with Crippen LogP contribution in [0.2, 0.25) is 0 Å². The molecule has 1 aliphatic carbocycles. The van der Waals surface area contributed by atoms with Crippen LogP contribution in [0.1, 0.15) is 67.2 Å². The maximum atomic E-state index is 14.2. The molecule has 9 rings (SSSR count). The minimum Gasteiger partial charge on any atom is -0.475 e. The highest BCUT2D eigenvalue weighted by molar-refractivity contribution is 7.87. The Hall–Kier alpha value is -7.42. The van der Waals surface area contributed by atoms with E-state index < -0.39 is 70.5 Å². The third-order valence-electron chi connectivity index (χ3n) is 11.8. The lowest BCUT2D eigenvalue weighted by Gasteiger charge is -2.34. The summed E-state index contributed by atoms with van der Waals surface area (Å²) in [6.07, 6.45) is -10.4. The molecule has 5 heterocycles. The summed E-state index contributed by atoms with van der Waals surface area (Å²) in [7, 11) is -4.15. The zero-order valence-electron chi connectivity index (χ0n) is 42.3. The zero-order valence-corrected chi connectivity index (χ0v) is 43.1. The number of hydrogen-bond acceptors (Lipinski definition) is 12. The normalized spacial score (nSPS) is 19.8. The molecular formula is C48H59F9N10O12S. The maximum Gasteiger partial charge on any atom is 0.490 e. The lowest BCUT2D eigenvalue weighted by molar-refractivity contribution is -0.193. The molecule has 2 fully saturated rings. The predicted molar refractivity (Wildman–Crippen MR) is 268 cm³/mol. The summed E-state index contributed by atoms with van der Waals surface area (Å²) in [4.78, 5) is 85.1. The smallest absolute Gasteiger partial charge is 0.475 e. The Morgan fingerprint density at radius 3 is 1.40 bits per heavy atom. The molecule has 2 atom stereocenters. The fourth-order valence-electron chi connectivity index (χ4n) is 7.57. The van der Waals surface area contributed by atoms with Gasteiger partial charge in [0.25, 0.3) is 10.2 Å². The summed E-state index contributed by atoms with van der Waals surface area (Å²) < 4.78 is 128. The average Bonchev–Trinajstić information content (AvgIpc) is 3.37. The fourth-order valence-corrected chi connectivity index (χ4v) is 8.88. The standard InChI is InChI=1S/C42H56N10O6S.3C2HF3O2/c43-40(44)32-12-6-31(7-13-32)28-45-41(55)36-26-29-8-14-33(15-9-29)46-38(53)18-20-51-22-24-52(25-23-51)21-19-39(54)47-34-16-10-30(11-17-34)27-37(42(56)48-36)50-59(57,58)49-35-4-2-1-3-5-35;3*3-2(4,5)1(6)7/h6-17,35-37,49-50H,1-5,18-28H2,(H3,43,44)(H,45,55)(H,46,53)(H,47,54)(H,48,56);3*(H,6,7)/t36-,37+;;;/m0.../s1. The number of hydrogen-bond donors (Lipinski definition) is 11. The number of carboxylic acid groups (broad SMARTS) is 3. The lowest BCUT2D eigenvalue weighted by atomic mass is 9.96. The first-order valence-electron chi connectivity index (χ1n) is 24.1. The van der Waals surface area contributed by atoms with E-state index in [4.69, 9.17) is 40.8 Å². The summed E-state index contributed by atoms with van der Waals surface area (Å²) in [5, 5.41) is 40.6. The molecule has 80 heavy (non-hydrogen) atoms. The topological polar surface area (TPSA) is 343 Å². The number of nitrogen functional groups attached to an aromatic ring is 1. The first-order chi connectivity index (χ1) is 37.2.